The largest absolute Gasteiger partial charge is 0.457 e. The molecule has 24 heavy (non-hydrogen) atoms. The molecule has 8 heteroatoms. The first kappa shape index (κ1) is 16.2. The Balaban J connectivity index is 1.78. The monoisotopic (exact) mass is 345 g/mol. The van der Waals surface area contributed by atoms with E-state index in [4.69, 9.17) is 16.3 Å². The summed E-state index contributed by atoms with van der Waals surface area (Å²) in [7, 11) is 1.74. The maximum Gasteiger partial charge on any atom is 0.341 e. The van der Waals surface area contributed by atoms with Gasteiger partial charge in [-0.1, -0.05) is 17.7 Å². The molecule has 7 nitrogen and oxygen atoms in total. The zero-order valence-electron chi connectivity index (χ0n) is 13.5. The third-order valence-corrected chi connectivity index (χ3v) is 4.19. The molecule has 0 saturated carbocycles. The third-order valence-electron chi connectivity index (χ3n) is 3.71. The van der Waals surface area contributed by atoms with E-state index in [1.165, 1.54) is 6.20 Å². The van der Waals surface area contributed by atoms with Gasteiger partial charge in [-0.15, -0.1) is 0 Å². The van der Waals surface area contributed by atoms with Crippen LogP contribution in [0.25, 0.3) is 5.82 Å². The molecular weight excluding hydrogens is 330 g/mol. The zero-order valence-corrected chi connectivity index (χ0v) is 14.3. The molecule has 0 aliphatic carbocycles. The Morgan fingerprint density at radius 3 is 2.75 bits per heavy atom. The fourth-order valence-corrected chi connectivity index (χ4v) is 2.60. The summed E-state index contributed by atoms with van der Waals surface area (Å²) in [5, 5.41) is 8.86. The molecule has 0 N–H and O–H groups in total. The van der Waals surface area contributed by atoms with Crippen molar-refractivity contribution in [3.8, 4) is 5.82 Å². The summed E-state index contributed by atoms with van der Waals surface area (Å²) in [4.78, 5) is 16.6. The Kier molecular flexibility index (Phi) is 4.35. The molecule has 3 heterocycles. The second kappa shape index (κ2) is 6.45. The van der Waals surface area contributed by atoms with E-state index in [0.717, 1.165) is 5.69 Å². The number of carbonyl (C=O) groups is 1. The van der Waals surface area contributed by atoms with Crippen LogP contribution in [0.5, 0.6) is 0 Å². The van der Waals surface area contributed by atoms with Crippen LogP contribution in [0.15, 0.2) is 30.6 Å². The topological polar surface area (TPSA) is 74.8 Å². The Bertz CT molecular complexity index is 886. The fraction of sp³-hybridized carbons (Fsp3) is 0.250. The van der Waals surface area contributed by atoms with Crippen molar-refractivity contribution in [3.63, 3.8) is 0 Å². The fourth-order valence-electron chi connectivity index (χ4n) is 2.37. The lowest BCUT2D eigenvalue weighted by molar-refractivity contribution is 0.0471. The van der Waals surface area contributed by atoms with Gasteiger partial charge in [0.15, 0.2) is 5.82 Å². The summed E-state index contributed by atoms with van der Waals surface area (Å²) in [6.45, 7) is 3.67. The number of pyridine rings is 1. The highest BCUT2D eigenvalue weighted by molar-refractivity contribution is 6.30. The van der Waals surface area contributed by atoms with Crippen LogP contribution in [0.3, 0.4) is 0 Å². The van der Waals surface area contributed by atoms with Gasteiger partial charge >= 0.3 is 5.97 Å². The molecule has 0 atom stereocenters. The number of rotatable bonds is 4. The Morgan fingerprint density at radius 1 is 1.33 bits per heavy atom. The van der Waals surface area contributed by atoms with Crippen LogP contribution in [-0.4, -0.2) is 30.5 Å². The number of hydrogen-bond acceptors (Lipinski definition) is 5. The Morgan fingerprint density at radius 2 is 2.12 bits per heavy atom. The van der Waals surface area contributed by atoms with Gasteiger partial charge < -0.3 is 4.74 Å². The average molecular weight is 346 g/mol. The highest BCUT2D eigenvalue weighted by Gasteiger charge is 2.19. The molecule has 0 aliphatic heterocycles. The number of esters is 1. The Labute approximate surface area is 143 Å². The smallest absolute Gasteiger partial charge is 0.341 e. The van der Waals surface area contributed by atoms with Gasteiger partial charge in [-0.25, -0.2) is 14.5 Å². The maximum atomic E-state index is 12.3. The van der Waals surface area contributed by atoms with Crippen molar-refractivity contribution in [3.05, 3.63) is 58.3 Å². The predicted molar refractivity (Wildman–Crippen MR) is 88.2 cm³/mol. The highest BCUT2D eigenvalue weighted by atomic mass is 35.5. The lowest BCUT2D eigenvalue weighted by atomic mass is 10.2. The van der Waals surface area contributed by atoms with Crippen molar-refractivity contribution < 1.29 is 9.53 Å². The van der Waals surface area contributed by atoms with Gasteiger partial charge in [0.2, 0.25) is 0 Å². The van der Waals surface area contributed by atoms with Crippen LogP contribution in [0.1, 0.15) is 27.3 Å². The number of halogens is 1. The van der Waals surface area contributed by atoms with Crippen molar-refractivity contribution in [2.75, 3.05) is 0 Å². The first-order chi connectivity index (χ1) is 11.5. The minimum absolute atomic E-state index is 0.0611. The summed E-state index contributed by atoms with van der Waals surface area (Å²) in [6.07, 6.45) is 3.14. The summed E-state index contributed by atoms with van der Waals surface area (Å²) in [5.74, 6) is 0.175. The van der Waals surface area contributed by atoms with E-state index >= 15 is 0 Å². The van der Waals surface area contributed by atoms with Crippen LogP contribution in [-0.2, 0) is 18.4 Å². The predicted octanol–water partition coefficient (Wildman–Crippen LogP) is 2.63. The second-order valence-corrected chi connectivity index (χ2v) is 5.66. The molecule has 0 spiro atoms. The van der Waals surface area contributed by atoms with Crippen molar-refractivity contribution in [2.45, 2.75) is 20.5 Å². The summed E-state index contributed by atoms with van der Waals surface area (Å²) < 4.78 is 8.51. The minimum atomic E-state index is -0.464. The molecule has 0 aromatic carbocycles. The SMILES string of the molecule is Cc1nn(C)c(Cl)c1COC(=O)c1cnn(-c2ccccn2)c1C. The van der Waals surface area contributed by atoms with Crippen molar-refractivity contribution in [1.29, 1.82) is 0 Å². The number of nitrogens with zero attached hydrogens (tertiary/aromatic N) is 5. The summed E-state index contributed by atoms with van der Waals surface area (Å²) in [5.41, 5.74) is 2.48. The van der Waals surface area contributed by atoms with Gasteiger partial charge in [0.25, 0.3) is 0 Å². The first-order valence-corrected chi connectivity index (χ1v) is 7.68. The normalized spacial score (nSPS) is 10.8. The summed E-state index contributed by atoms with van der Waals surface area (Å²) in [6, 6.07) is 5.49. The van der Waals surface area contributed by atoms with E-state index in [1.54, 1.807) is 29.5 Å². The quantitative estimate of drug-likeness (QED) is 0.679. The second-order valence-electron chi connectivity index (χ2n) is 5.30. The molecular formula is C16H16ClN5O2. The lowest BCUT2D eigenvalue weighted by Gasteiger charge is -2.06. The number of ether oxygens (including phenoxy) is 1. The van der Waals surface area contributed by atoms with Crippen LogP contribution in [0, 0.1) is 13.8 Å². The molecule has 0 radical (unpaired) electrons. The van der Waals surface area contributed by atoms with Gasteiger partial charge in [-0.05, 0) is 26.0 Å². The van der Waals surface area contributed by atoms with E-state index in [1.807, 2.05) is 25.1 Å². The van der Waals surface area contributed by atoms with Crippen LogP contribution in [0.4, 0.5) is 0 Å². The summed E-state index contributed by atoms with van der Waals surface area (Å²) >= 11 is 6.14. The molecule has 0 aliphatic rings. The number of aromatic nitrogens is 5. The Hall–Kier alpha value is -2.67. The van der Waals surface area contributed by atoms with Gasteiger partial charge in [0.1, 0.15) is 17.3 Å². The first-order valence-electron chi connectivity index (χ1n) is 7.30. The van der Waals surface area contributed by atoms with Crippen molar-refractivity contribution in [2.24, 2.45) is 7.05 Å². The average Bonchev–Trinajstić information content (AvgIpc) is 3.07. The van der Waals surface area contributed by atoms with Crippen LogP contribution >= 0.6 is 11.6 Å². The molecule has 0 saturated heterocycles. The maximum absolute atomic E-state index is 12.3. The van der Waals surface area contributed by atoms with Crippen molar-refractivity contribution >= 4 is 17.6 Å². The lowest BCUT2D eigenvalue weighted by Crippen LogP contribution is -2.08. The van der Waals surface area contributed by atoms with E-state index in [0.29, 0.717) is 27.8 Å². The van der Waals surface area contributed by atoms with E-state index in [9.17, 15) is 4.79 Å². The van der Waals surface area contributed by atoms with Crippen LogP contribution < -0.4 is 0 Å². The van der Waals surface area contributed by atoms with Gasteiger partial charge in [-0.2, -0.15) is 10.2 Å². The molecule has 0 amide bonds. The number of aryl methyl sites for hydroxylation is 2. The third kappa shape index (κ3) is 2.90. The molecule has 3 aromatic heterocycles. The minimum Gasteiger partial charge on any atom is -0.457 e. The van der Waals surface area contributed by atoms with E-state index < -0.39 is 5.97 Å². The molecule has 3 aromatic rings. The number of carbonyl (C=O) groups excluding carboxylic acids is 1. The van der Waals surface area contributed by atoms with E-state index in [2.05, 4.69) is 15.2 Å². The molecule has 0 unspecified atom stereocenters. The van der Waals surface area contributed by atoms with Gasteiger partial charge in [0.05, 0.1) is 17.6 Å². The molecule has 0 bridgehead atoms. The molecule has 124 valence electrons. The molecule has 0 fully saturated rings. The van der Waals surface area contributed by atoms with Gasteiger partial charge in [0, 0.05) is 18.8 Å². The number of hydrogen-bond donors (Lipinski definition) is 0. The standard InChI is InChI=1S/C16H16ClN5O2/c1-10-13(15(17)21(3)20-10)9-24-16(23)12-8-19-22(11(12)2)14-6-4-5-7-18-14/h4-8H,9H2,1-3H3. The molecule has 3 rings (SSSR count). The van der Waals surface area contributed by atoms with Crippen LogP contribution in [0.2, 0.25) is 5.15 Å². The zero-order chi connectivity index (χ0) is 17.3. The van der Waals surface area contributed by atoms with E-state index in [-0.39, 0.29) is 6.61 Å². The van der Waals surface area contributed by atoms with Crippen molar-refractivity contribution in [1.82, 2.24) is 24.5 Å². The highest BCUT2D eigenvalue weighted by Crippen LogP contribution is 2.20. The van der Waals surface area contributed by atoms with Gasteiger partial charge in [-0.3, -0.25) is 4.68 Å².